The molecule has 2 N–H and O–H groups in total. The molecule has 34 heavy (non-hydrogen) atoms. The minimum atomic E-state index is -0.178. The molecule has 0 spiro atoms. The van der Waals surface area contributed by atoms with Crippen LogP contribution >= 0.6 is 0 Å². The smallest absolute Gasteiger partial charge is 0.258 e. The summed E-state index contributed by atoms with van der Waals surface area (Å²) in [5.41, 5.74) is 3.23. The van der Waals surface area contributed by atoms with Crippen LogP contribution < -0.4 is 15.4 Å². The van der Waals surface area contributed by atoms with Gasteiger partial charge in [0.1, 0.15) is 17.9 Å². The third kappa shape index (κ3) is 6.10. The van der Waals surface area contributed by atoms with Gasteiger partial charge in [-0.3, -0.25) is 4.79 Å². The minimum Gasteiger partial charge on any atom is -0.484 e. The highest BCUT2D eigenvalue weighted by molar-refractivity contribution is 5.86. The van der Waals surface area contributed by atoms with Crippen LogP contribution in [0.3, 0.4) is 0 Å². The lowest BCUT2D eigenvalue weighted by Crippen LogP contribution is -2.31. The van der Waals surface area contributed by atoms with E-state index in [0.717, 1.165) is 29.8 Å². The summed E-state index contributed by atoms with van der Waals surface area (Å²) in [6, 6.07) is 18.1. The second kappa shape index (κ2) is 11.3. The Balaban J connectivity index is 1.25. The molecule has 0 aliphatic heterocycles. The first-order valence-electron chi connectivity index (χ1n) is 11.5. The van der Waals surface area contributed by atoms with E-state index in [0.29, 0.717) is 24.8 Å². The van der Waals surface area contributed by atoms with Gasteiger partial charge in [-0.15, -0.1) is 0 Å². The Labute approximate surface area is 199 Å². The molecule has 2 aromatic heterocycles. The van der Waals surface area contributed by atoms with E-state index in [-0.39, 0.29) is 12.5 Å². The van der Waals surface area contributed by atoms with Gasteiger partial charge in [-0.1, -0.05) is 56.3 Å². The molecule has 0 atom stereocenters. The molecule has 4 aromatic rings. The monoisotopic (exact) mass is 458 g/mol. The first-order valence-corrected chi connectivity index (χ1v) is 11.5. The molecule has 4 rings (SSSR count). The first kappa shape index (κ1) is 23.2. The predicted molar refractivity (Wildman–Crippen MR) is 133 cm³/mol. The van der Waals surface area contributed by atoms with Gasteiger partial charge < -0.3 is 15.4 Å². The lowest BCUT2D eigenvalue weighted by Gasteiger charge is -2.10. The van der Waals surface area contributed by atoms with Crippen LogP contribution in [0.25, 0.3) is 11.0 Å². The number of nitrogens with zero attached hydrogens (tertiary/aromatic N) is 4. The van der Waals surface area contributed by atoms with Crippen LogP contribution in [0.4, 0.5) is 5.82 Å². The molecule has 2 aromatic carbocycles. The summed E-state index contributed by atoms with van der Waals surface area (Å²) in [5.74, 6) is 1.72. The van der Waals surface area contributed by atoms with Crippen molar-refractivity contribution in [1.29, 1.82) is 0 Å². The molecule has 1 amide bonds. The Bertz CT molecular complexity index is 1210. The van der Waals surface area contributed by atoms with Crippen molar-refractivity contribution in [2.45, 2.75) is 32.7 Å². The fourth-order valence-electron chi connectivity index (χ4n) is 3.62. The van der Waals surface area contributed by atoms with Crippen molar-refractivity contribution in [3.05, 3.63) is 78.2 Å². The molecule has 0 fully saturated rings. The summed E-state index contributed by atoms with van der Waals surface area (Å²) in [4.78, 5) is 20.9. The summed E-state index contributed by atoms with van der Waals surface area (Å²) >= 11 is 0. The number of benzene rings is 2. The Kier molecular flexibility index (Phi) is 7.70. The van der Waals surface area contributed by atoms with Gasteiger partial charge in [0.25, 0.3) is 5.91 Å². The number of hydrogen-bond donors (Lipinski definition) is 2. The van der Waals surface area contributed by atoms with Crippen LogP contribution in [0.15, 0.2) is 67.1 Å². The Morgan fingerprint density at radius 3 is 2.59 bits per heavy atom. The molecule has 0 saturated carbocycles. The van der Waals surface area contributed by atoms with Gasteiger partial charge in [-0.25, -0.2) is 14.6 Å². The van der Waals surface area contributed by atoms with Crippen molar-refractivity contribution >= 4 is 22.8 Å². The van der Waals surface area contributed by atoms with Crippen LogP contribution in [0.1, 0.15) is 30.9 Å². The number of hydrogen-bond acceptors (Lipinski definition) is 6. The maximum absolute atomic E-state index is 12.2. The van der Waals surface area contributed by atoms with E-state index in [1.165, 1.54) is 17.5 Å². The molecule has 8 heteroatoms. The van der Waals surface area contributed by atoms with Crippen molar-refractivity contribution in [3.63, 3.8) is 0 Å². The van der Waals surface area contributed by atoms with Gasteiger partial charge in [-0.05, 0) is 35.6 Å². The number of carbonyl (C=O) groups is 1. The molecule has 8 nitrogen and oxygen atoms in total. The van der Waals surface area contributed by atoms with Crippen molar-refractivity contribution in [1.82, 2.24) is 25.1 Å². The summed E-state index contributed by atoms with van der Waals surface area (Å²) in [6.07, 6.45) is 4.19. The molecule has 0 aliphatic rings. The molecule has 2 heterocycles. The second-order valence-electron chi connectivity index (χ2n) is 8.35. The maximum Gasteiger partial charge on any atom is 0.258 e. The van der Waals surface area contributed by atoms with Crippen LogP contribution in [-0.2, 0) is 17.8 Å². The van der Waals surface area contributed by atoms with E-state index in [1.54, 1.807) is 10.9 Å². The number of aromatic nitrogens is 4. The largest absolute Gasteiger partial charge is 0.484 e. The van der Waals surface area contributed by atoms with E-state index in [4.69, 9.17) is 4.74 Å². The summed E-state index contributed by atoms with van der Waals surface area (Å²) in [6.45, 7) is 5.93. The van der Waals surface area contributed by atoms with Crippen LogP contribution in [0.2, 0.25) is 0 Å². The summed E-state index contributed by atoms with van der Waals surface area (Å²) in [5, 5.41) is 11.5. The van der Waals surface area contributed by atoms with E-state index < -0.39 is 0 Å². The maximum atomic E-state index is 12.2. The van der Waals surface area contributed by atoms with E-state index in [9.17, 15) is 4.79 Å². The number of amides is 1. The van der Waals surface area contributed by atoms with Gasteiger partial charge in [0.15, 0.2) is 12.3 Å². The topological polar surface area (TPSA) is 94.0 Å². The number of rotatable bonds is 11. The molecular formula is C26H30N6O2. The quantitative estimate of drug-likeness (QED) is 0.355. The minimum absolute atomic E-state index is 0.0292. The average molecular weight is 459 g/mol. The van der Waals surface area contributed by atoms with Crippen LogP contribution in [0, 0.1) is 0 Å². The zero-order chi connectivity index (χ0) is 23.8. The van der Waals surface area contributed by atoms with Crippen molar-refractivity contribution in [3.8, 4) is 5.75 Å². The zero-order valence-corrected chi connectivity index (χ0v) is 19.6. The van der Waals surface area contributed by atoms with E-state index in [1.807, 2.05) is 42.5 Å². The van der Waals surface area contributed by atoms with Crippen molar-refractivity contribution in [2.24, 2.45) is 0 Å². The molecule has 176 valence electrons. The highest BCUT2D eigenvalue weighted by Gasteiger charge is 2.10. The fraction of sp³-hybridized carbons (Fsp3) is 0.308. The number of carbonyl (C=O) groups excluding carboxylic acids is 1. The van der Waals surface area contributed by atoms with Crippen molar-refractivity contribution in [2.75, 3.05) is 25.0 Å². The number of anilines is 1. The molecule has 0 aliphatic carbocycles. The Hall–Kier alpha value is -3.94. The second-order valence-corrected chi connectivity index (χ2v) is 8.35. The van der Waals surface area contributed by atoms with Crippen molar-refractivity contribution < 1.29 is 9.53 Å². The SMILES string of the molecule is CC(C)c1ccc(OCC(=O)NCCn2ncc3c(NCCc4ccccc4)ncnc32)cc1. The number of fused-ring (bicyclic) bond motifs is 1. The highest BCUT2D eigenvalue weighted by Crippen LogP contribution is 2.19. The lowest BCUT2D eigenvalue weighted by molar-refractivity contribution is -0.123. The highest BCUT2D eigenvalue weighted by atomic mass is 16.5. The zero-order valence-electron chi connectivity index (χ0n) is 19.6. The number of ether oxygens (including phenoxy) is 1. The molecule has 0 radical (unpaired) electrons. The Morgan fingerprint density at radius 2 is 1.82 bits per heavy atom. The molecule has 0 bridgehead atoms. The standard InChI is InChI=1S/C26H30N6O2/c1-19(2)21-8-10-22(11-9-21)34-17-24(33)27-14-15-32-26-23(16-31-32)25(29-18-30-26)28-13-12-20-6-4-3-5-7-20/h3-11,16,18-19H,12-15,17H2,1-2H3,(H,27,33)(H,28,29,30). The molecular weight excluding hydrogens is 428 g/mol. The van der Waals surface area contributed by atoms with Crippen LogP contribution in [0.5, 0.6) is 5.75 Å². The van der Waals surface area contributed by atoms with Gasteiger partial charge in [0.2, 0.25) is 0 Å². The summed E-state index contributed by atoms with van der Waals surface area (Å²) < 4.78 is 7.35. The third-order valence-electron chi connectivity index (χ3n) is 5.55. The van der Waals surface area contributed by atoms with E-state index >= 15 is 0 Å². The van der Waals surface area contributed by atoms with Gasteiger partial charge in [0, 0.05) is 13.1 Å². The fourth-order valence-corrected chi connectivity index (χ4v) is 3.62. The molecule has 0 saturated heterocycles. The van der Waals surface area contributed by atoms with E-state index in [2.05, 4.69) is 51.7 Å². The van der Waals surface area contributed by atoms with Crippen LogP contribution in [-0.4, -0.2) is 45.4 Å². The average Bonchev–Trinajstić information content (AvgIpc) is 3.27. The van der Waals surface area contributed by atoms with Gasteiger partial charge >= 0.3 is 0 Å². The third-order valence-corrected chi connectivity index (χ3v) is 5.55. The van der Waals surface area contributed by atoms with Gasteiger partial charge in [0.05, 0.1) is 18.1 Å². The summed E-state index contributed by atoms with van der Waals surface area (Å²) in [7, 11) is 0. The number of nitrogens with one attached hydrogen (secondary N) is 2. The lowest BCUT2D eigenvalue weighted by atomic mass is 10.0. The van der Waals surface area contributed by atoms with Gasteiger partial charge in [-0.2, -0.15) is 5.10 Å². The normalized spacial score (nSPS) is 11.0. The first-order chi connectivity index (χ1) is 16.6. The molecule has 0 unspecified atom stereocenters. The Morgan fingerprint density at radius 1 is 1.03 bits per heavy atom. The predicted octanol–water partition coefficient (Wildman–Crippen LogP) is 3.80.